The van der Waals surface area contributed by atoms with E-state index in [-0.39, 0.29) is 17.7 Å². The van der Waals surface area contributed by atoms with E-state index in [1.165, 1.54) is 19.4 Å². The maximum absolute atomic E-state index is 12.0. The number of nitrogens with zero attached hydrogens (tertiary/aromatic N) is 3. The van der Waals surface area contributed by atoms with Gasteiger partial charge in [0.1, 0.15) is 5.82 Å². The Hall–Kier alpha value is -2.70. The first-order valence-corrected chi connectivity index (χ1v) is 5.51. The lowest BCUT2D eigenvalue weighted by Crippen LogP contribution is -2.15. The van der Waals surface area contributed by atoms with Crippen molar-refractivity contribution in [3.8, 4) is 5.88 Å². The summed E-state index contributed by atoms with van der Waals surface area (Å²) in [6.45, 7) is 1.78. The van der Waals surface area contributed by atoms with Gasteiger partial charge in [-0.15, -0.1) is 0 Å². The fraction of sp³-hybridized carbons (Fsp3) is 0.167. The maximum atomic E-state index is 12.0. The van der Waals surface area contributed by atoms with Crippen molar-refractivity contribution in [1.29, 1.82) is 0 Å². The Morgan fingerprint density at radius 1 is 1.37 bits per heavy atom. The number of nitrogens with one attached hydrogen (secondary N) is 1. The van der Waals surface area contributed by atoms with E-state index < -0.39 is 0 Å². The molecule has 0 bridgehead atoms. The lowest BCUT2D eigenvalue weighted by atomic mass is 10.2. The largest absolute Gasteiger partial charge is 0.481 e. The number of amides is 1. The summed E-state index contributed by atoms with van der Waals surface area (Å²) < 4.78 is 5.01. The SMILES string of the molecule is COc1cc(C)nc(NC(=O)c2ccnc(N)c2)n1. The van der Waals surface area contributed by atoms with Crippen LogP contribution < -0.4 is 15.8 Å². The van der Waals surface area contributed by atoms with Crippen LogP contribution in [0.3, 0.4) is 0 Å². The van der Waals surface area contributed by atoms with Crippen molar-refractivity contribution in [3.05, 3.63) is 35.7 Å². The maximum Gasteiger partial charge on any atom is 0.258 e. The first-order valence-electron chi connectivity index (χ1n) is 5.51. The van der Waals surface area contributed by atoms with Gasteiger partial charge in [0.15, 0.2) is 0 Å². The zero-order valence-corrected chi connectivity index (χ0v) is 10.5. The van der Waals surface area contributed by atoms with Crippen molar-refractivity contribution >= 4 is 17.7 Å². The van der Waals surface area contributed by atoms with Gasteiger partial charge in [-0.2, -0.15) is 4.98 Å². The molecule has 0 saturated heterocycles. The molecule has 2 heterocycles. The number of nitrogen functional groups attached to an aromatic ring is 1. The van der Waals surface area contributed by atoms with E-state index in [9.17, 15) is 4.79 Å². The minimum atomic E-state index is -0.359. The van der Waals surface area contributed by atoms with Crippen LogP contribution in [0.5, 0.6) is 5.88 Å². The second-order valence-electron chi connectivity index (χ2n) is 3.80. The van der Waals surface area contributed by atoms with Crippen LogP contribution in [0.4, 0.5) is 11.8 Å². The molecule has 0 radical (unpaired) electrons. The molecule has 98 valence electrons. The molecule has 2 rings (SSSR count). The molecule has 19 heavy (non-hydrogen) atoms. The molecule has 0 unspecified atom stereocenters. The first-order chi connectivity index (χ1) is 9.08. The minimum absolute atomic E-state index is 0.178. The predicted octanol–water partition coefficient (Wildman–Crippen LogP) is 1.02. The number of methoxy groups -OCH3 is 1. The quantitative estimate of drug-likeness (QED) is 0.853. The van der Waals surface area contributed by atoms with Gasteiger partial charge >= 0.3 is 0 Å². The lowest BCUT2D eigenvalue weighted by Gasteiger charge is -2.06. The topological polar surface area (TPSA) is 103 Å². The fourth-order valence-corrected chi connectivity index (χ4v) is 1.46. The highest BCUT2D eigenvalue weighted by atomic mass is 16.5. The van der Waals surface area contributed by atoms with Crippen LogP contribution in [0.15, 0.2) is 24.4 Å². The zero-order chi connectivity index (χ0) is 13.8. The second-order valence-corrected chi connectivity index (χ2v) is 3.80. The van der Waals surface area contributed by atoms with Gasteiger partial charge in [-0.3, -0.25) is 10.1 Å². The van der Waals surface area contributed by atoms with Crippen LogP contribution in [0.2, 0.25) is 0 Å². The summed E-state index contributed by atoms with van der Waals surface area (Å²) in [5.74, 6) is 0.478. The van der Waals surface area contributed by atoms with E-state index in [1.54, 1.807) is 19.1 Å². The molecule has 1 amide bonds. The number of pyridine rings is 1. The van der Waals surface area contributed by atoms with Crippen molar-refractivity contribution in [2.24, 2.45) is 0 Å². The van der Waals surface area contributed by atoms with E-state index in [1.807, 2.05) is 0 Å². The molecular formula is C12H13N5O2. The van der Waals surface area contributed by atoms with Gasteiger partial charge in [-0.05, 0) is 19.1 Å². The van der Waals surface area contributed by atoms with Crippen LogP contribution in [-0.4, -0.2) is 28.0 Å². The standard InChI is InChI=1S/C12H13N5O2/c1-7-5-10(19-2)16-12(15-7)17-11(18)8-3-4-14-9(13)6-8/h3-6H,1-2H3,(H2,13,14)(H,15,16,17,18). The number of ether oxygens (including phenoxy) is 1. The number of hydrogen-bond acceptors (Lipinski definition) is 6. The van der Waals surface area contributed by atoms with Crippen LogP contribution in [0.25, 0.3) is 0 Å². The molecule has 0 aliphatic heterocycles. The van der Waals surface area contributed by atoms with E-state index in [4.69, 9.17) is 10.5 Å². The first kappa shape index (κ1) is 12.7. The summed E-state index contributed by atoms with van der Waals surface area (Å²) in [5, 5.41) is 2.58. The Balaban J connectivity index is 2.21. The Kier molecular flexibility index (Phi) is 3.56. The number of hydrogen-bond donors (Lipinski definition) is 2. The van der Waals surface area contributed by atoms with Crippen molar-refractivity contribution < 1.29 is 9.53 Å². The van der Waals surface area contributed by atoms with Crippen molar-refractivity contribution in [2.75, 3.05) is 18.2 Å². The summed E-state index contributed by atoms with van der Waals surface area (Å²) in [7, 11) is 1.50. The summed E-state index contributed by atoms with van der Waals surface area (Å²) in [6, 6.07) is 4.70. The predicted molar refractivity (Wildman–Crippen MR) is 69.9 cm³/mol. The molecule has 7 nitrogen and oxygen atoms in total. The van der Waals surface area contributed by atoms with Gasteiger partial charge < -0.3 is 10.5 Å². The Morgan fingerprint density at radius 3 is 2.84 bits per heavy atom. The van der Waals surface area contributed by atoms with Gasteiger partial charge in [0.05, 0.1) is 7.11 Å². The van der Waals surface area contributed by atoms with Gasteiger partial charge in [0.25, 0.3) is 5.91 Å². The molecule has 0 fully saturated rings. The number of rotatable bonds is 3. The molecular weight excluding hydrogens is 246 g/mol. The lowest BCUT2D eigenvalue weighted by molar-refractivity contribution is 0.102. The minimum Gasteiger partial charge on any atom is -0.481 e. The van der Waals surface area contributed by atoms with E-state index in [0.29, 0.717) is 17.1 Å². The number of aryl methyl sites for hydroxylation is 1. The van der Waals surface area contributed by atoms with Gasteiger partial charge in [-0.25, -0.2) is 9.97 Å². The van der Waals surface area contributed by atoms with E-state index >= 15 is 0 Å². The average molecular weight is 259 g/mol. The summed E-state index contributed by atoms with van der Waals surface area (Å²) in [4.78, 5) is 23.9. The third-order valence-electron chi connectivity index (χ3n) is 2.31. The molecule has 3 N–H and O–H groups in total. The summed E-state index contributed by atoms with van der Waals surface area (Å²) in [6.07, 6.45) is 1.46. The molecule has 2 aromatic heterocycles. The van der Waals surface area contributed by atoms with Crippen LogP contribution in [0, 0.1) is 6.92 Å². The van der Waals surface area contributed by atoms with Crippen LogP contribution in [-0.2, 0) is 0 Å². The number of carbonyl (C=O) groups excluding carboxylic acids is 1. The fourth-order valence-electron chi connectivity index (χ4n) is 1.46. The van der Waals surface area contributed by atoms with Gasteiger partial charge in [0.2, 0.25) is 11.8 Å². The van der Waals surface area contributed by atoms with Gasteiger partial charge in [0, 0.05) is 23.5 Å². The van der Waals surface area contributed by atoms with Crippen LogP contribution >= 0.6 is 0 Å². The third kappa shape index (κ3) is 3.15. The van der Waals surface area contributed by atoms with Crippen molar-refractivity contribution in [2.45, 2.75) is 6.92 Å². The molecule has 0 aliphatic rings. The molecule has 2 aromatic rings. The summed E-state index contributed by atoms with van der Waals surface area (Å²) in [5.41, 5.74) is 6.59. The Morgan fingerprint density at radius 2 is 2.16 bits per heavy atom. The monoisotopic (exact) mass is 259 g/mol. The second kappa shape index (κ2) is 5.30. The normalized spacial score (nSPS) is 10.0. The molecule has 0 atom stereocenters. The highest BCUT2D eigenvalue weighted by Gasteiger charge is 2.10. The third-order valence-corrected chi connectivity index (χ3v) is 2.31. The number of anilines is 2. The Bertz CT molecular complexity index is 615. The van der Waals surface area contributed by atoms with Crippen molar-refractivity contribution in [1.82, 2.24) is 15.0 Å². The number of aromatic nitrogens is 3. The van der Waals surface area contributed by atoms with E-state index in [0.717, 1.165) is 0 Å². The highest BCUT2D eigenvalue weighted by Crippen LogP contribution is 2.12. The Labute approximate surface area is 109 Å². The molecule has 0 spiro atoms. The smallest absolute Gasteiger partial charge is 0.258 e. The molecule has 7 heteroatoms. The zero-order valence-electron chi connectivity index (χ0n) is 10.5. The molecule has 0 saturated carbocycles. The summed E-state index contributed by atoms with van der Waals surface area (Å²) >= 11 is 0. The number of nitrogens with two attached hydrogens (primary N) is 1. The van der Waals surface area contributed by atoms with E-state index in [2.05, 4.69) is 20.3 Å². The van der Waals surface area contributed by atoms with Crippen molar-refractivity contribution in [3.63, 3.8) is 0 Å². The highest BCUT2D eigenvalue weighted by molar-refractivity contribution is 6.03. The van der Waals surface area contributed by atoms with Gasteiger partial charge in [-0.1, -0.05) is 0 Å². The average Bonchev–Trinajstić information content (AvgIpc) is 2.38. The molecule has 0 aliphatic carbocycles. The van der Waals surface area contributed by atoms with Crippen LogP contribution in [0.1, 0.15) is 16.1 Å². The molecule has 0 aromatic carbocycles. The number of carbonyl (C=O) groups is 1.